The van der Waals surface area contributed by atoms with Gasteiger partial charge in [0.25, 0.3) is 11.2 Å². The summed E-state index contributed by atoms with van der Waals surface area (Å²) >= 11 is 1.18. The molecule has 1 aromatic carbocycles. The number of hydrogen-bond acceptors (Lipinski definition) is 7. The van der Waals surface area contributed by atoms with Gasteiger partial charge in [-0.3, -0.25) is 28.8 Å². The number of rotatable bonds is 7. The Morgan fingerprint density at radius 3 is 2.62 bits per heavy atom. The quantitative estimate of drug-likeness (QED) is 0.328. The van der Waals surface area contributed by atoms with Gasteiger partial charge in [-0.2, -0.15) is 0 Å². The molecular formula is C21H23N5O5S. The summed E-state index contributed by atoms with van der Waals surface area (Å²) in [5.74, 6) is -0.125. The van der Waals surface area contributed by atoms with Crippen molar-refractivity contribution in [2.75, 3.05) is 11.1 Å². The minimum atomic E-state index is -0.536. The fourth-order valence-corrected chi connectivity index (χ4v) is 4.32. The van der Waals surface area contributed by atoms with Gasteiger partial charge in [-0.15, -0.1) is 11.8 Å². The Morgan fingerprint density at radius 2 is 1.97 bits per heavy atom. The van der Waals surface area contributed by atoms with E-state index in [1.54, 1.807) is 19.3 Å². The summed E-state index contributed by atoms with van der Waals surface area (Å²) in [6, 6.07) is 5.67. The monoisotopic (exact) mass is 457 g/mol. The van der Waals surface area contributed by atoms with Gasteiger partial charge >= 0.3 is 5.69 Å². The minimum Gasteiger partial charge on any atom is -0.325 e. The van der Waals surface area contributed by atoms with Gasteiger partial charge in [0.05, 0.1) is 16.1 Å². The first kappa shape index (κ1) is 23.2. The Labute approximate surface area is 187 Å². The van der Waals surface area contributed by atoms with E-state index >= 15 is 0 Å². The number of aromatic nitrogens is 3. The molecule has 0 saturated carbocycles. The zero-order valence-corrected chi connectivity index (χ0v) is 18.9. The van der Waals surface area contributed by atoms with E-state index in [0.717, 1.165) is 10.1 Å². The normalized spacial score (nSPS) is 11.2. The number of nitrogens with one attached hydrogen (secondary N) is 1. The number of anilines is 1. The molecule has 0 aliphatic carbocycles. The number of aryl methyl sites for hydroxylation is 1. The molecule has 11 heteroatoms. The van der Waals surface area contributed by atoms with Crippen molar-refractivity contribution in [3.8, 4) is 0 Å². The van der Waals surface area contributed by atoms with Crippen LogP contribution >= 0.6 is 11.8 Å². The number of nitro groups is 1. The molecule has 2 heterocycles. The molecule has 10 nitrogen and oxygen atoms in total. The molecule has 0 aliphatic heterocycles. The number of carbonyl (C=O) groups is 1. The summed E-state index contributed by atoms with van der Waals surface area (Å²) in [5, 5.41) is 13.9. The highest BCUT2D eigenvalue weighted by Crippen LogP contribution is 2.30. The van der Waals surface area contributed by atoms with Crippen LogP contribution in [0.5, 0.6) is 0 Å². The molecule has 3 rings (SSSR count). The van der Waals surface area contributed by atoms with Gasteiger partial charge in [-0.1, -0.05) is 19.9 Å². The van der Waals surface area contributed by atoms with Crippen LogP contribution in [0.3, 0.4) is 0 Å². The maximum atomic E-state index is 12.9. The third-order valence-corrected chi connectivity index (χ3v) is 5.97. The summed E-state index contributed by atoms with van der Waals surface area (Å²) in [6.07, 6.45) is 2.28. The maximum absolute atomic E-state index is 12.9. The minimum absolute atomic E-state index is 0.0289. The van der Waals surface area contributed by atoms with Crippen molar-refractivity contribution < 1.29 is 9.72 Å². The van der Waals surface area contributed by atoms with Crippen LogP contribution in [0.2, 0.25) is 0 Å². The molecule has 1 amide bonds. The Hall–Kier alpha value is -3.47. The van der Waals surface area contributed by atoms with Gasteiger partial charge in [0.15, 0.2) is 0 Å². The summed E-state index contributed by atoms with van der Waals surface area (Å²) in [6.45, 7) is 4.07. The Morgan fingerprint density at radius 1 is 1.25 bits per heavy atom. The number of thioether (sulfide) groups is 1. The average molecular weight is 458 g/mol. The largest absolute Gasteiger partial charge is 0.332 e. The van der Waals surface area contributed by atoms with Gasteiger partial charge in [-0.25, -0.2) is 9.78 Å². The van der Waals surface area contributed by atoms with Crippen molar-refractivity contribution in [3.05, 3.63) is 67.0 Å². The topological polar surface area (TPSA) is 129 Å². The first-order valence-corrected chi connectivity index (χ1v) is 10.8. The first-order chi connectivity index (χ1) is 15.1. The number of pyridine rings is 1. The smallest absolute Gasteiger partial charge is 0.325 e. The van der Waals surface area contributed by atoms with Crippen molar-refractivity contribution in [2.45, 2.75) is 25.2 Å². The molecule has 0 saturated heterocycles. The standard InChI is InChI=1S/C21H23N5O5S/c1-12(2)8-13-10-22-19-17(20(28)25(4)21(29)24(19)3)18(13)32-11-16(27)23-14-6-5-7-15(9-14)26(30)31/h5-7,9-10,12H,8,11H2,1-4H3,(H,23,27). The number of carbonyl (C=O) groups excluding carboxylic acids is 1. The molecule has 0 spiro atoms. The molecule has 3 aromatic rings. The predicted octanol–water partition coefficient (Wildman–Crippen LogP) is 2.47. The zero-order chi connectivity index (χ0) is 23.6. The number of hydrogen-bond donors (Lipinski definition) is 1. The molecule has 0 fully saturated rings. The van der Waals surface area contributed by atoms with Crippen LogP contribution in [0, 0.1) is 16.0 Å². The van der Waals surface area contributed by atoms with E-state index in [9.17, 15) is 24.5 Å². The second-order valence-electron chi connectivity index (χ2n) is 7.76. The zero-order valence-electron chi connectivity index (χ0n) is 18.1. The maximum Gasteiger partial charge on any atom is 0.332 e. The Bertz CT molecular complexity index is 1330. The Balaban J connectivity index is 1.97. The lowest BCUT2D eigenvalue weighted by Gasteiger charge is -2.15. The van der Waals surface area contributed by atoms with Crippen LogP contribution in [-0.2, 0) is 25.3 Å². The highest BCUT2D eigenvalue weighted by molar-refractivity contribution is 8.00. The van der Waals surface area contributed by atoms with Gasteiger partial charge in [0, 0.05) is 43.0 Å². The highest BCUT2D eigenvalue weighted by atomic mass is 32.2. The number of nitrogens with zero attached hydrogens (tertiary/aromatic N) is 4. The number of amides is 1. The molecule has 0 radical (unpaired) electrons. The molecule has 168 valence electrons. The van der Waals surface area contributed by atoms with E-state index in [-0.39, 0.29) is 28.9 Å². The second-order valence-corrected chi connectivity index (χ2v) is 8.74. The summed E-state index contributed by atoms with van der Waals surface area (Å²) in [7, 11) is 2.95. The molecule has 0 bridgehead atoms. The number of nitro benzene ring substituents is 1. The molecule has 0 atom stereocenters. The van der Waals surface area contributed by atoms with E-state index in [1.165, 1.54) is 41.6 Å². The number of non-ortho nitro benzene ring substituents is 1. The molecular weight excluding hydrogens is 434 g/mol. The predicted molar refractivity (Wildman–Crippen MR) is 123 cm³/mol. The van der Waals surface area contributed by atoms with E-state index in [0.29, 0.717) is 22.4 Å². The van der Waals surface area contributed by atoms with Crippen LogP contribution in [0.4, 0.5) is 11.4 Å². The lowest BCUT2D eigenvalue weighted by molar-refractivity contribution is -0.384. The van der Waals surface area contributed by atoms with Crippen molar-refractivity contribution in [3.63, 3.8) is 0 Å². The van der Waals surface area contributed by atoms with Crippen LogP contribution in [0.1, 0.15) is 19.4 Å². The van der Waals surface area contributed by atoms with E-state index < -0.39 is 16.2 Å². The van der Waals surface area contributed by atoms with Crippen LogP contribution in [-0.4, -0.2) is 30.7 Å². The van der Waals surface area contributed by atoms with Gasteiger partial charge in [-0.05, 0) is 24.0 Å². The lowest BCUT2D eigenvalue weighted by Crippen LogP contribution is -2.37. The molecule has 1 N–H and O–H groups in total. The lowest BCUT2D eigenvalue weighted by atomic mass is 10.0. The summed E-state index contributed by atoms with van der Waals surface area (Å²) in [5.41, 5.74) is 0.307. The van der Waals surface area contributed by atoms with E-state index in [2.05, 4.69) is 10.3 Å². The summed E-state index contributed by atoms with van der Waals surface area (Å²) in [4.78, 5) is 53.1. The molecule has 0 aliphatic rings. The van der Waals surface area contributed by atoms with Crippen LogP contribution in [0.25, 0.3) is 11.0 Å². The van der Waals surface area contributed by atoms with E-state index in [1.807, 2.05) is 13.8 Å². The fourth-order valence-electron chi connectivity index (χ4n) is 3.32. The fraction of sp³-hybridized carbons (Fsp3) is 0.333. The second kappa shape index (κ2) is 9.35. The molecule has 0 unspecified atom stereocenters. The van der Waals surface area contributed by atoms with Gasteiger partial charge in [0.2, 0.25) is 5.91 Å². The van der Waals surface area contributed by atoms with Crippen LogP contribution < -0.4 is 16.6 Å². The molecule has 2 aromatic heterocycles. The third kappa shape index (κ3) is 4.72. The van der Waals surface area contributed by atoms with Gasteiger partial charge < -0.3 is 5.32 Å². The van der Waals surface area contributed by atoms with Crippen LogP contribution in [0.15, 0.2) is 44.9 Å². The van der Waals surface area contributed by atoms with Crippen molar-refractivity contribution in [1.82, 2.24) is 14.1 Å². The number of benzene rings is 1. The highest BCUT2D eigenvalue weighted by Gasteiger charge is 2.19. The van der Waals surface area contributed by atoms with E-state index in [4.69, 9.17) is 0 Å². The number of fused-ring (bicyclic) bond motifs is 1. The molecule has 32 heavy (non-hydrogen) atoms. The van der Waals surface area contributed by atoms with Crippen molar-refractivity contribution in [2.24, 2.45) is 20.0 Å². The third-order valence-electron chi connectivity index (χ3n) is 4.81. The SMILES string of the molecule is CC(C)Cc1cnc2c(c1SCC(=O)Nc1cccc([N+](=O)[O-])c1)c(=O)n(C)c(=O)n2C. The van der Waals surface area contributed by atoms with Gasteiger partial charge in [0.1, 0.15) is 5.65 Å². The Kier molecular flexibility index (Phi) is 6.78. The first-order valence-electron chi connectivity index (χ1n) is 9.84. The summed E-state index contributed by atoms with van der Waals surface area (Å²) < 4.78 is 2.33. The van der Waals surface area contributed by atoms with Crippen molar-refractivity contribution >= 4 is 40.1 Å². The van der Waals surface area contributed by atoms with Crippen molar-refractivity contribution in [1.29, 1.82) is 0 Å². The average Bonchev–Trinajstić information content (AvgIpc) is 2.74.